The summed E-state index contributed by atoms with van der Waals surface area (Å²) in [5.41, 5.74) is 0.416. The van der Waals surface area contributed by atoms with Gasteiger partial charge in [-0.25, -0.2) is 8.42 Å². The number of benzene rings is 2. The van der Waals surface area contributed by atoms with Gasteiger partial charge in [0.1, 0.15) is 5.75 Å². The third kappa shape index (κ3) is 5.57. The van der Waals surface area contributed by atoms with Crippen molar-refractivity contribution in [2.45, 2.75) is 30.8 Å². The number of carbonyl (C=O) groups is 2. The van der Waals surface area contributed by atoms with E-state index >= 15 is 0 Å². The molecule has 1 saturated heterocycles. The van der Waals surface area contributed by atoms with Gasteiger partial charge in [-0.15, -0.1) is 0 Å². The molecule has 10 heteroatoms. The number of ether oxygens (including phenoxy) is 2. The molecule has 0 unspecified atom stereocenters. The molecule has 0 spiro atoms. The van der Waals surface area contributed by atoms with E-state index in [1.54, 1.807) is 19.1 Å². The molecule has 3 N–H and O–H groups in total. The molecule has 2 aromatic rings. The lowest BCUT2D eigenvalue weighted by Gasteiger charge is -2.15. The van der Waals surface area contributed by atoms with Crippen molar-refractivity contribution < 1.29 is 27.5 Å². The molecule has 9 nitrogen and oxygen atoms in total. The Kier molecular flexibility index (Phi) is 7.70. The fourth-order valence-electron chi connectivity index (χ4n) is 3.37. The third-order valence-corrected chi connectivity index (χ3v) is 6.36. The highest BCUT2D eigenvalue weighted by atomic mass is 32.2. The molecule has 2 amide bonds. The zero-order valence-electron chi connectivity index (χ0n) is 18.0. The van der Waals surface area contributed by atoms with E-state index in [1.807, 2.05) is 0 Å². The van der Waals surface area contributed by atoms with E-state index in [4.69, 9.17) is 9.47 Å². The summed E-state index contributed by atoms with van der Waals surface area (Å²) in [5.74, 6) is -0.601. The molecule has 1 heterocycles. The van der Waals surface area contributed by atoms with E-state index in [0.717, 1.165) is 12.8 Å². The molecule has 1 fully saturated rings. The minimum absolute atomic E-state index is 0.0326. The Morgan fingerprint density at radius 2 is 1.84 bits per heavy atom. The zero-order chi connectivity index (χ0) is 23.1. The van der Waals surface area contributed by atoms with Crippen LogP contribution in [0.4, 0.5) is 5.69 Å². The van der Waals surface area contributed by atoms with E-state index in [2.05, 4.69) is 15.4 Å². The van der Waals surface area contributed by atoms with Gasteiger partial charge in [0.05, 0.1) is 34.9 Å². The number of nitrogens with one attached hydrogen (secondary N) is 3. The number of hydrogen-bond acceptors (Lipinski definition) is 6. The third-order valence-electron chi connectivity index (χ3n) is 4.99. The molecule has 32 heavy (non-hydrogen) atoms. The van der Waals surface area contributed by atoms with Crippen LogP contribution in [0, 0.1) is 0 Å². The Bertz CT molecular complexity index is 1080. The van der Waals surface area contributed by atoms with Crippen LogP contribution in [0.15, 0.2) is 47.4 Å². The van der Waals surface area contributed by atoms with Gasteiger partial charge in [-0.3, -0.25) is 14.3 Å². The van der Waals surface area contributed by atoms with Crippen molar-refractivity contribution in [1.29, 1.82) is 0 Å². The van der Waals surface area contributed by atoms with Crippen molar-refractivity contribution in [3.05, 3.63) is 53.6 Å². The molecular weight excluding hydrogens is 434 g/mol. The second kappa shape index (κ2) is 10.5. The standard InChI is InChI=1S/C22H27N3O6S/c1-3-23-22(27)18-13-16(10-11-20(18)30-2)32(28,29)25-19-9-5-4-8-17(19)21(26)24-14-15-7-6-12-31-15/h4-5,8-11,13,15,25H,3,6-7,12,14H2,1-2H3,(H,23,27)(H,24,26)/t15-/m1/s1. The maximum absolute atomic E-state index is 13.0. The number of methoxy groups -OCH3 is 1. The highest BCUT2D eigenvalue weighted by Gasteiger charge is 2.23. The molecule has 2 aromatic carbocycles. The van der Waals surface area contributed by atoms with Gasteiger partial charge in [-0.1, -0.05) is 12.1 Å². The second-order valence-corrected chi connectivity index (χ2v) is 8.90. The molecule has 3 rings (SSSR count). The van der Waals surface area contributed by atoms with E-state index in [-0.39, 0.29) is 33.6 Å². The molecule has 0 saturated carbocycles. The quantitative estimate of drug-likeness (QED) is 0.526. The van der Waals surface area contributed by atoms with Gasteiger partial charge in [0, 0.05) is 19.7 Å². The molecule has 0 radical (unpaired) electrons. The highest BCUT2D eigenvalue weighted by Crippen LogP contribution is 2.25. The first-order valence-electron chi connectivity index (χ1n) is 10.3. The van der Waals surface area contributed by atoms with Crippen LogP contribution in [0.2, 0.25) is 0 Å². The smallest absolute Gasteiger partial charge is 0.261 e. The highest BCUT2D eigenvalue weighted by molar-refractivity contribution is 7.92. The van der Waals surface area contributed by atoms with Crippen LogP contribution in [0.5, 0.6) is 5.75 Å². The summed E-state index contributed by atoms with van der Waals surface area (Å²) in [5, 5.41) is 5.42. The van der Waals surface area contributed by atoms with Gasteiger partial charge in [0.2, 0.25) is 0 Å². The fourth-order valence-corrected chi connectivity index (χ4v) is 4.47. The monoisotopic (exact) mass is 461 g/mol. The molecule has 0 aromatic heterocycles. The first kappa shape index (κ1) is 23.6. The van der Waals surface area contributed by atoms with E-state index < -0.39 is 21.8 Å². The largest absolute Gasteiger partial charge is 0.496 e. The van der Waals surface area contributed by atoms with E-state index in [1.165, 1.54) is 37.4 Å². The van der Waals surface area contributed by atoms with Crippen molar-refractivity contribution in [1.82, 2.24) is 10.6 Å². The average molecular weight is 462 g/mol. The van der Waals surface area contributed by atoms with Gasteiger partial charge in [0.25, 0.3) is 21.8 Å². The lowest BCUT2D eigenvalue weighted by atomic mass is 10.1. The van der Waals surface area contributed by atoms with E-state index in [9.17, 15) is 18.0 Å². The van der Waals surface area contributed by atoms with Crippen molar-refractivity contribution in [2.24, 2.45) is 0 Å². The average Bonchev–Trinajstić information content (AvgIpc) is 3.31. The van der Waals surface area contributed by atoms with E-state index in [0.29, 0.717) is 19.7 Å². The van der Waals surface area contributed by atoms with Crippen LogP contribution in [0.3, 0.4) is 0 Å². The molecule has 1 aliphatic rings. The molecular formula is C22H27N3O6S. The summed E-state index contributed by atoms with van der Waals surface area (Å²) >= 11 is 0. The van der Waals surface area contributed by atoms with Crippen LogP contribution >= 0.6 is 0 Å². The summed E-state index contributed by atoms with van der Waals surface area (Å²) in [6.45, 7) is 3.17. The predicted molar refractivity (Wildman–Crippen MR) is 120 cm³/mol. The Hall–Kier alpha value is -3.11. The summed E-state index contributed by atoms with van der Waals surface area (Å²) in [4.78, 5) is 24.9. The fraction of sp³-hybridized carbons (Fsp3) is 0.364. The van der Waals surface area contributed by atoms with Crippen LogP contribution < -0.4 is 20.1 Å². The van der Waals surface area contributed by atoms with Crippen LogP contribution in [-0.4, -0.2) is 53.1 Å². The molecule has 1 aliphatic heterocycles. The number of hydrogen-bond donors (Lipinski definition) is 3. The lowest BCUT2D eigenvalue weighted by molar-refractivity contribution is 0.0858. The van der Waals surface area contributed by atoms with Crippen LogP contribution in [-0.2, 0) is 14.8 Å². The number of amides is 2. The lowest BCUT2D eigenvalue weighted by Crippen LogP contribution is -2.32. The second-order valence-electron chi connectivity index (χ2n) is 7.22. The zero-order valence-corrected chi connectivity index (χ0v) is 18.8. The number of sulfonamides is 1. The summed E-state index contributed by atoms with van der Waals surface area (Å²) in [6.07, 6.45) is 1.80. The maximum atomic E-state index is 13.0. The van der Waals surface area contributed by atoms with Gasteiger partial charge >= 0.3 is 0 Å². The summed E-state index contributed by atoms with van der Waals surface area (Å²) in [7, 11) is -2.69. The van der Waals surface area contributed by atoms with Crippen LogP contribution in [0.1, 0.15) is 40.5 Å². The SMILES string of the molecule is CCNC(=O)c1cc(S(=O)(=O)Nc2ccccc2C(=O)NC[C@H]2CCCO2)ccc1OC. The Morgan fingerprint density at radius 1 is 1.09 bits per heavy atom. The summed E-state index contributed by atoms with van der Waals surface area (Å²) in [6, 6.07) is 10.3. The van der Waals surface area contributed by atoms with Crippen molar-refractivity contribution in [3.63, 3.8) is 0 Å². The first-order chi connectivity index (χ1) is 15.4. The number of rotatable bonds is 9. The predicted octanol–water partition coefficient (Wildman–Crippen LogP) is 2.15. The topological polar surface area (TPSA) is 123 Å². The van der Waals surface area contributed by atoms with Gasteiger partial charge in [-0.2, -0.15) is 0 Å². The molecule has 1 atom stereocenters. The van der Waals surface area contributed by atoms with Crippen molar-refractivity contribution in [3.8, 4) is 5.75 Å². The molecule has 0 aliphatic carbocycles. The van der Waals surface area contributed by atoms with Gasteiger partial charge in [0.15, 0.2) is 0 Å². The minimum atomic E-state index is -4.09. The number of para-hydroxylation sites is 1. The number of anilines is 1. The van der Waals surface area contributed by atoms with Crippen molar-refractivity contribution >= 4 is 27.5 Å². The number of carbonyl (C=O) groups excluding carboxylic acids is 2. The van der Waals surface area contributed by atoms with Gasteiger partial charge in [-0.05, 0) is 50.1 Å². The van der Waals surface area contributed by atoms with Crippen molar-refractivity contribution in [2.75, 3.05) is 31.5 Å². The normalized spacial score (nSPS) is 15.8. The first-order valence-corrected chi connectivity index (χ1v) is 11.8. The maximum Gasteiger partial charge on any atom is 0.261 e. The van der Waals surface area contributed by atoms with Gasteiger partial charge < -0.3 is 20.1 Å². The minimum Gasteiger partial charge on any atom is -0.496 e. The Morgan fingerprint density at radius 3 is 2.53 bits per heavy atom. The summed E-state index contributed by atoms with van der Waals surface area (Å²) < 4.78 is 39.2. The Balaban J connectivity index is 1.83. The Labute approximate surface area is 187 Å². The molecule has 172 valence electrons. The van der Waals surface area contributed by atoms with Crippen LogP contribution in [0.25, 0.3) is 0 Å². The molecule has 0 bridgehead atoms.